The summed E-state index contributed by atoms with van der Waals surface area (Å²) in [6.45, 7) is 3.78. The Labute approximate surface area is 85.0 Å². The zero-order chi connectivity index (χ0) is 9.84. The van der Waals surface area contributed by atoms with E-state index in [4.69, 9.17) is 11.6 Å². The summed E-state index contributed by atoms with van der Waals surface area (Å²) in [5.74, 6) is 0.528. The van der Waals surface area contributed by atoms with E-state index in [0.29, 0.717) is 15.8 Å². The highest BCUT2D eigenvalue weighted by molar-refractivity contribution is 7.85. The van der Waals surface area contributed by atoms with E-state index in [1.807, 2.05) is 13.8 Å². The maximum absolute atomic E-state index is 11.4. The van der Waals surface area contributed by atoms with Gasteiger partial charge >= 0.3 is 0 Å². The zero-order valence-electron chi connectivity index (χ0n) is 7.58. The predicted octanol–water partition coefficient (Wildman–Crippen LogP) is 1.82. The van der Waals surface area contributed by atoms with Crippen molar-refractivity contribution in [2.45, 2.75) is 25.3 Å². The van der Waals surface area contributed by atoms with Crippen LogP contribution in [0.25, 0.3) is 0 Å². The van der Waals surface area contributed by atoms with Gasteiger partial charge in [0.25, 0.3) is 0 Å². The number of rotatable bonds is 3. The van der Waals surface area contributed by atoms with Gasteiger partial charge in [0.1, 0.15) is 11.4 Å². The lowest BCUT2D eigenvalue weighted by atomic mass is 10.3. The average molecular weight is 219 g/mol. The van der Waals surface area contributed by atoms with E-state index in [1.54, 1.807) is 0 Å². The Bertz CT molecular complexity index is 330. The Kier molecular flexibility index (Phi) is 3.81. The molecule has 1 aromatic rings. The molecular formula is C8H11ClN2OS. The minimum atomic E-state index is -1.10. The zero-order valence-corrected chi connectivity index (χ0v) is 9.15. The van der Waals surface area contributed by atoms with Gasteiger partial charge in [0.2, 0.25) is 0 Å². The summed E-state index contributed by atoms with van der Waals surface area (Å²) in [6, 6.07) is 0. The van der Waals surface area contributed by atoms with Gasteiger partial charge in [0.15, 0.2) is 0 Å². The van der Waals surface area contributed by atoms with Gasteiger partial charge in [-0.1, -0.05) is 25.4 Å². The van der Waals surface area contributed by atoms with Crippen molar-refractivity contribution in [1.29, 1.82) is 0 Å². The smallest absolute Gasteiger partial charge is 0.149 e. The molecule has 0 aliphatic carbocycles. The molecule has 0 fully saturated rings. The van der Waals surface area contributed by atoms with E-state index in [-0.39, 0.29) is 0 Å². The molecule has 1 heterocycles. The Morgan fingerprint density at radius 2 is 2.15 bits per heavy atom. The maximum atomic E-state index is 11.4. The summed E-state index contributed by atoms with van der Waals surface area (Å²) in [5.41, 5.74) is 0.758. The summed E-state index contributed by atoms with van der Waals surface area (Å²) in [6.07, 6.45) is 2.14. The van der Waals surface area contributed by atoms with Crippen LogP contribution in [0, 0.1) is 0 Å². The van der Waals surface area contributed by atoms with Crippen LogP contribution in [-0.2, 0) is 17.2 Å². The monoisotopic (exact) mass is 218 g/mol. The van der Waals surface area contributed by atoms with E-state index in [1.165, 1.54) is 6.33 Å². The molecule has 5 heteroatoms. The minimum absolute atomic E-state index is 0.449. The molecule has 0 saturated heterocycles. The summed E-state index contributed by atoms with van der Waals surface area (Å²) in [5, 5.41) is 0.904. The fourth-order valence-corrected chi connectivity index (χ4v) is 2.17. The van der Waals surface area contributed by atoms with Crippen LogP contribution in [0.15, 0.2) is 11.4 Å². The van der Waals surface area contributed by atoms with Crippen LogP contribution in [-0.4, -0.2) is 19.9 Å². The van der Waals surface area contributed by atoms with Crippen LogP contribution in [0.4, 0.5) is 0 Å². The molecule has 1 atom stereocenters. The molecule has 0 radical (unpaired) electrons. The molecule has 0 aromatic carbocycles. The highest BCUT2D eigenvalue weighted by atomic mass is 35.5. The number of aryl methyl sites for hydroxylation is 1. The third-order valence-corrected chi connectivity index (χ3v) is 3.42. The van der Waals surface area contributed by atoms with Gasteiger partial charge in [-0.15, -0.1) is 0 Å². The first kappa shape index (κ1) is 10.6. The molecule has 0 N–H and O–H groups in total. The van der Waals surface area contributed by atoms with E-state index < -0.39 is 10.8 Å². The predicted molar refractivity (Wildman–Crippen MR) is 53.4 cm³/mol. The van der Waals surface area contributed by atoms with Crippen LogP contribution >= 0.6 is 11.6 Å². The minimum Gasteiger partial charge on any atom is -0.253 e. The van der Waals surface area contributed by atoms with Crippen molar-refractivity contribution in [3.05, 3.63) is 17.0 Å². The average Bonchev–Trinajstić information content (AvgIpc) is 2.17. The topological polar surface area (TPSA) is 42.9 Å². The number of hydrogen-bond acceptors (Lipinski definition) is 3. The van der Waals surface area contributed by atoms with Gasteiger partial charge in [-0.2, -0.15) is 0 Å². The van der Waals surface area contributed by atoms with Gasteiger partial charge in [-0.25, -0.2) is 9.97 Å². The Morgan fingerprint density at radius 1 is 1.46 bits per heavy atom. The third-order valence-electron chi connectivity index (χ3n) is 1.64. The lowest BCUT2D eigenvalue weighted by Crippen LogP contribution is -2.02. The Morgan fingerprint density at radius 3 is 2.69 bits per heavy atom. The second kappa shape index (κ2) is 4.67. The highest BCUT2D eigenvalue weighted by Crippen LogP contribution is 2.20. The van der Waals surface area contributed by atoms with Crippen molar-refractivity contribution in [3.8, 4) is 0 Å². The molecule has 0 amide bonds. The summed E-state index contributed by atoms with van der Waals surface area (Å²) < 4.78 is 11.4. The summed E-state index contributed by atoms with van der Waals surface area (Å²) in [7, 11) is -1.10. The fourth-order valence-electron chi connectivity index (χ4n) is 0.930. The molecule has 1 rings (SSSR count). The Hall–Kier alpha value is -0.480. The van der Waals surface area contributed by atoms with Crippen molar-refractivity contribution in [2.75, 3.05) is 5.75 Å². The molecule has 72 valence electrons. The van der Waals surface area contributed by atoms with Gasteiger partial charge < -0.3 is 0 Å². The number of halogens is 1. The lowest BCUT2D eigenvalue weighted by molar-refractivity contribution is 0.680. The highest BCUT2D eigenvalue weighted by Gasteiger charge is 2.11. The molecule has 13 heavy (non-hydrogen) atoms. The van der Waals surface area contributed by atoms with E-state index in [2.05, 4.69) is 9.97 Å². The van der Waals surface area contributed by atoms with Crippen molar-refractivity contribution in [3.63, 3.8) is 0 Å². The van der Waals surface area contributed by atoms with Gasteiger partial charge in [0, 0.05) is 5.75 Å². The first-order valence-corrected chi connectivity index (χ1v) is 5.78. The maximum Gasteiger partial charge on any atom is 0.149 e. The molecule has 0 aliphatic rings. The standard InChI is InChI=1S/C8H11ClN2OS/c1-3-6-7(9)8(11-5-10-6)13(12)4-2/h5H,3-4H2,1-2H3. The molecule has 1 unspecified atom stereocenters. The molecule has 3 nitrogen and oxygen atoms in total. The normalized spacial score (nSPS) is 12.8. The fraction of sp³-hybridized carbons (Fsp3) is 0.500. The van der Waals surface area contributed by atoms with Crippen LogP contribution in [0.3, 0.4) is 0 Å². The SMILES string of the molecule is CCc1ncnc(S(=O)CC)c1Cl. The first-order chi connectivity index (χ1) is 6.20. The molecule has 0 saturated carbocycles. The van der Waals surface area contributed by atoms with Crippen LogP contribution in [0.5, 0.6) is 0 Å². The van der Waals surface area contributed by atoms with Gasteiger partial charge in [-0.05, 0) is 6.42 Å². The number of hydrogen-bond donors (Lipinski definition) is 0. The van der Waals surface area contributed by atoms with Gasteiger partial charge in [0.05, 0.1) is 21.5 Å². The van der Waals surface area contributed by atoms with Crippen LogP contribution in [0.2, 0.25) is 5.02 Å². The van der Waals surface area contributed by atoms with E-state index in [0.717, 1.165) is 12.1 Å². The van der Waals surface area contributed by atoms with Crippen molar-refractivity contribution >= 4 is 22.4 Å². The van der Waals surface area contributed by atoms with Crippen LogP contribution in [0.1, 0.15) is 19.5 Å². The van der Waals surface area contributed by atoms with Crippen molar-refractivity contribution in [2.24, 2.45) is 0 Å². The molecule has 0 aliphatic heterocycles. The number of aromatic nitrogens is 2. The summed E-state index contributed by atoms with van der Waals surface area (Å²) in [4.78, 5) is 7.91. The number of nitrogens with zero attached hydrogens (tertiary/aromatic N) is 2. The third kappa shape index (κ3) is 2.25. The van der Waals surface area contributed by atoms with Crippen molar-refractivity contribution < 1.29 is 4.21 Å². The first-order valence-electron chi connectivity index (χ1n) is 4.08. The quantitative estimate of drug-likeness (QED) is 0.727. The van der Waals surface area contributed by atoms with E-state index in [9.17, 15) is 4.21 Å². The second-order valence-corrected chi connectivity index (χ2v) is 4.46. The molecule has 0 spiro atoms. The molecule has 0 bridgehead atoms. The molecule has 1 aromatic heterocycles. The second-order valence-electron chi connectivity index (χ2n) is 2.43. The largest absolute Gasteiger partial charge is 0.253 e. The molecular weight excluding hydrogens is 208 g/mol. The van der Waals surface area contributed by atoms with Crippen LogP contribution < -0.4 is 0 Å². The summed E-state index contributed by atoms with van der Waals surface area (Å²) >= 11 is 5.96. The van der Waals surface area contributed by atoms with E-state index >= 15 is 0 Å². The van der Waals surface area contributed by atoms with Crippen molar-refractivity contribution in [1.82, 2.24) is 9.97 Å². The Balaban J connectivity index is 3.15. The lowest BCUT2D eigenvalue weighted by Gasteiger charge is -2.03. The van der Waals surface area contributed by atoms with Gasteiger partial charge in [-0.3, -0.25) is 4.21 Å².